The Balaban J connectivity index is 1.85. The van der Waals surface area contributed by atoms with Crippen molar-refractivity contribution in [3.05, 3.63) is 24.8 Å². The van der Waals surface area contributed by atoms with Gasteiger partial charge in [-0.15, -0.1) is 6.58 Å². The molecule has 0 aromatic rings. The van der Waals surface area contributed by atoms with Gasteiger partial charge in [0.05, 0.1) is 12.5 Å². The van der Waals surface area contributed by atoms with Crippen LogP contribution in [0.5, 0.6) is 0 Å². The normalized spacial score (nSPS) is 33.2. The molecule has 2 aliphatic rings. The van der Waals surface area contributed by atoms with E-state index in [0.717, 1.165) is 12.8 Å². The van der Waals surface area contributed by atoms with Crippen LogP contribution in [0.3, 0.4) is 0 Å². The summed E-state index contributed by atoms with van der Waals surface area (Å²) >= 11 is 0. The first-order valence-corrected chi connectivity index (χ1v) is 6.03. The van der Waals surface area contributed by atoms with Gasteiger partial charge in [0.2, 0.25) is 5.91 Å². The van der Waals surface area contributed by atoms with Gasteiger partial charge in [-0.3, -0.25) is 4.79 Å². The summed E-state index contributed by atoms with van der Waals surface area (Å²) in [5.41, 5.74) is 0.713. The van der Waals surface area contributed by atoms with Gasteiger partial charge in [-0.2, -0.15) is 0 Å². The van der Waals surface area contributed by atoms with Crippen molar-refractivity contribution in [2.75, 3.05) is 0 Å². The third kappa shape index (κ3) is 3.17. The average Bonchev–Trinajstić information content (AvgIpc) is 3.06. The number of hydrogen-bond donors (Lipinski definition) is 2. The van der Waals surface area contributed by atoms with E-state index in [9.17, 15) is 9.90 Å². The lowest BCUT2D eigenvalue weighted by Crippen LogP contribution is -2.41. The van der Waals surface area contributed by atoms with Crippen LogP contribution in [0.15, 0.2) is 24.8 Å². The van der Waals surface area contributed by atoms with Gasteiger partial charge in [-0.1, -0.05) is 12.7 Å². The highest BCUT2D eigenvalue weighted by molar-refractivity contribution is 5.77. The van der Waals surface area contributed by atoms with Crippen LogP contribution in [-0.2, 0) is 9.53 Å². The molecule has 2 N–H and O–H groups in total. The van der Waals surface area contributed by atoms with E-state index in [4.69, 9.17) is 4.74 Å². The Labute approximate surface area is 101 Å². The van der Waals surface area contributed by atoms with E-state index in [2.05, 4.69) is 18.5 Å². The van der Waals surface area contributed by atoms with E-state index < -0.39 is 12.2 Å². The van der Waals surface area contributed by atoms with Crippen LogP contribution in [0.25, 0.3) is 0 Å². The van der Waals surface area contributed by atoms with Gasteiger partial charge >= 0.3 is 0 Å². The molecule has 0 bridgehead atoms. The molecular weight excluding hydrogens is 218 g/mol. The molecule has 4 heteroatoms. The van der Waals surface area contributed by atoms with Gasteiger partial charge in [0.15, 0.2) is 0 Å². The summed E-state index contributed by atoms with van der Waals surface area (Å²) in [4.78, 5) is 11.6. The van der Waals surface area contributed by atoms with Crippen LogP contribution in [0, 0.1) is 0 Å². The average molecular weight is 237 g/mol. The Morgan fingerprint density at radius 1 is 1.59 bits per heavy atom. The number of nitrogens with one attached hydrogen (secondary N) is 1. The number of aliphatic hydroxyl groups is 1. The molecule has 4 nitrogen and oxygen atoms in total. The van der Waals surface area contributed by atoms with Gasteiger partial charge in [-0.25, -0.2) is 0 Å². The van der Waals surface area contributed by atoms with E-state index in [1.54, 1.807) is 6.08 Å². The molecule has 94 valence electrons. The van der Waals surface area contributed by atoms with Crippen molar-refractivity contribution in [2.24, 2.45) is 0 Å². The van der Waals surface area contributed by atoms with Gasteiger partial charge in [-0.05, 0) is 24.8 Å². The Morgan fingerprint density at radius 2 is 2.29 bits per heavy atom. The Kier molecular flexibility index (Phi) is 3.64. The number of carbonyl (C=O) groups is 1. The Hall–Kier alpha value is -1.13. The number of hydrogen-bond acceptors (Lipinski definition) is 3. The zero-order valence-electron chi connectivity index (χ0n) is 9.89. The maximum absolute atomic E-state index is 11.6. The predicted octanol–water partition coefficient (Wildman–Crippen LogP) is 0.916. The summed E-state index contributed by atoms with van der Waals surface area (Å²) < 4.78 is 5.60. The van der Waals surface area contributed by atoms with Crippen molar-refractivity contribution >= 4 is 5.91 Å². The quantitative estimate of drug-likeness (QED) is 0.715. The summed E-state index contributed by atoms with van der Waals surface area (Å²) in [6, 6.07) is 0.370. The fraction of sp³-hybridized carbons (Fsp3) is 0.615. The summed E-state index contributed by atoms with van der Waals surface area (Å²) in [5.74, 6) is 0.0181. The lowest BCUT2D eigenvalue weighted by Gasteiger charge is -2.33. The third-order valence-corrected chi connectivity index (χ3v) is 3.16. The molecule has 2 rings (SSSR count). The Morgan fingerprint density at radius 3 is 2.88 bits per heavy atom. The van der Waals surface area contributed by atoms with Crippen LogP contribution in [-0.4, -0.2) is 35.4 Å². The molecule has 2 fully saturated rings. The van der Waals surface area contributed by atoms with Crippen LogP contribution >= 0.6 is 0 Å². The molecule has 0 unspecified atom stereocenters. The van der Waals surface area contributed by atoms with E-state index >= 15 is 0 Å². The molecule has 1 saturated carbocycles. The molecule has 3 atom stereocenters. The molecule has 0 spiro atoms. The molecule has 1 aliphatic carbocycles. The number of rotatable bonds is 4. The van der Waals surface area contributed by atoms with Crippen molar-refractivity contribution in [3.8, 4) is 0 Å². The van der Waals surface area contributed by atoms with Crippen molar-refractivity contribution < 1.29 is 14.6 Å². The van der Waals surface area contributed by atoms with Crippen molar-refractivity contribution in [1.82, 2.24) is 5.32 Å². The minimum atomic E-state index is -0.699. The summed E-state index contributed by atoms with van der Waals surface area (Å²) in [6.07, 6.45) is 3.23. The van der Waals surface area contributed by atoms with Crippen LogP contribution in [0.2, 0.25) is 0 Å². The smallest absolute Gasteiger partial charge is 0.222 e. The number of ether oxygens (including phenoxy) is 1. The van der Waals surface area contributed by atoms with E-state index in [1.807, 2.05) is 0 Å². The standard InChI is InChI=1S/C13H19NO3/c1-3-11-13(16)8(2)6-10(17-11)7-12(15)14-9-4-5-9/h3,9-11,13,16H,1-2,4-7H2,(H,14,15)/t10-,11+,13-/m0/s1. The molecule has 0 radical (unpaired) electrons. The van der Waals surface area contributed by atoms with Gasteiger partial charge in [0.1, 0.15) is 12.2 Å². The molecule has 1 amide bonds. The van der Waals surface area contributed by atoms with E-state index in [1.165, 1.54) is 0 Å². The maximum atomic E-state index is 11.6. The highest BCUT2D eigenvalue weighted by Crippen LogP contribution is 2.26. The molecule has 0 aromatic carbocycles. The first-order chi connectivity index (χ1) is 8.10. The number of aliphatic hydroxyl groups excluding tert-OH is 1. The lowest BCUT2D eigenvalue weighted by molar-refractivity contribution is -0.128. The molecule has 1 heterocycles. The zero-order chi connectivity index (χ0) is 12.4. The zero-order valence-corrected chi connectivity index (χ0v) is 9.89. The first kappa shape index (κ1) is 12.3. The predicted molar refractivity (Wildman–Crippen MR) is 64.4 cm³/mol. The molecule has 1 saturated heterocycles. The summed E-state index contributed by atoms with van der Waals surface area (Å²) in [5, 5.41) is 12.7. The molecular formula is C13H19NO3. The second kappa shape index (κ2) is 5.02. The monoisotopic (exact) mass is 237 g/mol. The highest BCUT2D eigenvalue weighted by atomic mass is 16.5. The second-order valence-electron chi connectivity index (χ2n) is 4.81. The largest absolute Gasteiger partial charge is 0.386 e. The van der Waals surface area contributed by atoms with Gasteiger partial charge < -0.3 is 15.2 Å². The van der Waals surface area contributed by atoms with E-state index in [0.29, 0.717) is 24.5 Å². The van der Waals surface area contributed by atoms with Crippen molar-refractivity contribution in [3.63, 3.8) is 0 Å². The van der Waals surface area contributed by atoms with Crippen molar-refractivity contribution in [2.45, 2.75) is 50.0 Å². The molecule has 0 aromatic heterocycles. The van der Waals surface area contributed by atoms with Crippen molar-refractivity contribution in [1.29, 1.82) is 0 Å². The fourth-order valence-electron chi connectivity index (χ4n) is 2.02. The van der Waals surface area contributed by atoms with Crippen LogP contribution in [0.4, 0.5) is 0 Å². The number of carbonyl (C=O) groups excluding carboxylic acids is 1. The minimum absolute atomic E-state index is 0.0181. The maximum Gasteiger partial charge on any atom is 0.222 e. The summed E-state index contributed by atoms with van der Waals surface area (Å²) in [6.45, 7) is 7.43. The molecule has 1 aliphatic heterocycles. The fourth-order valence-corrected chi connectivity index (χ4v) is 2.02. The first-order valence-electron chi connectivity index (χ1n) is 6.03. The third-order valence-electron chi connectivity index (χ3n) is 3.16. The van der Waals surface area contributed by atoms with E-state index in [-0.39, 0.29) is 12.0 Å². The highest BCUT2D eigenvalue weighted by Gasteiger charge is 2.32. The molecule has 17 heavy (non-hydrogen) atoms. The van der Waals surface area contributed by atoms with Crippen LogP contribution < -0.4 is 5.32 Å². The Bertz CT molecular complexity index is 336. The number of amides is 1. The summed E-state index contributed by atoms with van der Waals surface area (Å²) in [7, 11) is 0. The lowest BCUT2D eigenvalue weighted by atomic mass is 9.94. The van der Waals surface area contributed by atoms with Crippen LogP contribution in [0.1, 0.15) is 25.7 Å². The van der Waals surface area contributed by atoms with Gasteiger partial charge in [0, 0.05) is 6.04 Å². The topological polar surface area (TPSA) is 58.6 Å². The second-order valence-corrected chi connectivity index (χ2v) is 4.81. The minimum Gasteiger partial charge on any atom is -0.386 e. The van der Waals surface area contributed by atoms with Gasteiger partial charge in [0.25, 0.3) is 0 Å². The SMILES string of the molecule is C=C[C@H]1O[C@H](CC(=O)NC2CC2)CC(=C)[C@@H]1O.